The second-order valence-electron chi connectivity index (χ2n) is 3.92. The summed E-state index contributed by atoms with van der Waals surface area (Å²) >= 11 is 5.58. The molecule has 0 radical (unpaired) electrons. The molecule has 1 aromatic rings. The number of rotatable bonds is 5. The maximum Gasteiger partial charge on any atom is 0.416 e. The standard InChI is InChI=1S/C12H14ClF4N/c1-2-9(5-6-13)18-11-4-3-8(7-10(11)14)12(15,16)17/h3-4,7,9,18H,2,5-6H2,1H3. The van der Waals surface area contributed by atoms with E-state index in [0.717, 1.165) is 12.1 Å². The fourth-order valence-electron chi connectivity index (χ4n) is 1.54. The summed E-state index contributed by atoms with van der Waals surface area (Å²) in [5.41, 5.74) is -0.920. The van der Waals surface area contributed by atoms with E-state index in [1.165, 1.54) is 0 Å². The van der Waals surface area contributed by atoms with Gasteiger partial charge in [0.15, 0.2) is 0 Å². The molecule has 0 aliphatic carbocycles. The lowest BCUT2D eigenvalue weighted by molar-refractivity contribution is -0.137. The predicted octanol–water partition coefficient (Wildman–Crippen LogP) is 4.66. The van der Waals surface area contributed by atoms with Crippen molar-refractivity contribution in [3.63, 3.8) is 0 Å². The number of anilines is 1. The molecule has 18 heavy (non-hydrogen) atoms. The summed E-state index contributed by atoms with van der Waals surface area (Å²) in [5, 5.41) is 2.85. The molecule has 0 saturated carbocycles. The zero-order valence-electron chi connectivity index (χ0n) is 9.82. The second kappa shape index (κ2) is 6.27. The number of nitrogens with one attached hydrogen (secondary N) is 1. The van der Waals surface area contributed by atoms with Crippen LogP contribution in [0.25, 0.3) is 0 Å². The van der Waals surface area contributed by atoms with Crippen LogP contribution in [0.15, 0.2) is 18.2 Å². The average molecular weight is 284 g/mol. The van der Waals surface area contributed by atoms with Crippen LogP contribution in [0.3, 0.4) is 0 Å². The van der Waals surface area contributed by atoms with E-state index in [2.05, 4.69) is 5.32 Å². The summed E-state index contributed by atoms with van der Waals surface area (Å²) in [7, 11) is 0. The molecule has 1 atom stereocenters. The molecular formula is C12H14ClF4N. The van der Waals surface area contributed by atoms with Gasteiger partial charge in [0.25, 0.3) is 0 Å². The maximum atomic E-state index is 13.5. The summed E-state index contributed by atoms with van der Waals surface area (Å²) in [6.45, 7) is 1.90. The van der Waals surface area contributed by atoms with Crippen LogP contribution >= 0.6 is 11.6 Å². The first-order valence-corrected chi connectivity index (χ1v) is 6.11. The Morgan fingerprint density at radius 3 is 2.44 bits per heavy atom. The van der Waals surface area contributed by atoms with E-state index in [1.807, 2.05) is 6.92 Å². The summed E-state index contributed by atoms with van der Waals surface area (Å²) < 4.78 is 50.6. The quantitative estimate of drug-likeness (QED) is 0.612. The van der Waals surface area contributed by atoms with Gasteiger partial charge < -0.3 is 5.32 Å². The molecule has 102 valence electrons. The highest BCUT2D eigenvalue weighted by Crippen LogP contribution is 2.31. The second-order valence-corrected chi connectivity index (χ2v) is 4.30. The Hall–Kier alpha value is -0.970. The van der Waals surface area contributed by atoms with Crippen LogP contribution in [-0.4, -0.2) is 11.9 Å². The van der Waals surface area contributed by atoms with Gasteiger partial charge in [-0.05, 0) is 31.0 Å². The zero-order valence-corrected chi connectivity index (χ0v) is 10.6. The molecule has 0 saturated heterocycles. The molecule has 0 aliphatic heterocycles. The van der Waals surface area contributed by atoms with Crippen molar-refractivity contribution in [2.75, 3.05) is 11.2 Å². The Balaban J connectivity index is 2.85. The van der Waals surface area contributed by atoms with Crippen molar-refractivity contribution in [1.29, 1.82) is 0 Å². The number of halogens is 5. The smallest absolute Gasteiger partial charge is 0.380 e. The Morgan fingerprint density at radius 1 is 1.33 bits per heavy atom. The van der Waals surface area contributed by atoms with Gasteiger partial charge in [-0.15, -0.1) is 11.6 Å². The van der Waals surface area contributed by atoms with Gasteiger partial charge in [0.2, 0.25) is 0 Å². The molecule has 0 spiro atoms. The Morgan fingerprint density at radius 2 is 2.00 bits per heavy atom. The van der Waals surface area contributed by atoms with Crippen LogP contribution in [-0.2, 0) is 6.18 Å². The van der Waals surface area contributed by atoms with Crippen molar-refractivity contribution in [1.82, 2.24) is 0 Å². The first-order chi connectivity index (χ1) is 8.38. The first-order valence-electron chi connectivity index (χ1n) is 5.57. The van der Waals surface area contributed by atoms with Crippen molar-refractivity contribution in [3.05, 3.63) is 29.6 Å². The molecule has 1 unspecified atom stereocenters. The fraction of sp³-hybridized carbons (Fsp3) is 0.500. The van der Waals surface area contributed by atoms with Crippen molar-refractivity contribution in [2.45, 2.75) is 32.0 Å². The van der Waals surface area contributed by atoms with Crippen LogP contribution in [0.1, 0.15) is 25.3 Å². The van der Waals surface area contributed by atoms with E-state index >= 15 is 0 Å². The van der Waals surface area contributed by atoms with Crippen molar-refractivity contribution >= 4 is 17.3 Å². The Bertz CT molecular complexity index is 392. The Kier molecular flexibility index (Phi) is 5.26. The zero-order chi connectivity index (χ0) is 13.8. The minimum atomic E-state index is -4.53. The normalized spacial score (nSPS) is 13.4. The van der Waals surface area contributed by atoms with E-state index in [0.29, 0.717) is 24.8 Å². The summed E-state index contributed by atoms with van der Waals surface area (Å²) in [5.74, 6) is -0.494. The minimum absolute atomic E-state index is 0.0475. The summed E-state index contributed by atoms with van der Waals surface area (Å²) in [6.07, 6.45) is -3.19. The van der Waals surface area contributed by atoms with Gasteiger partial charge in [0.05, 0.1) is 11.3 Å². The van der Waals surface area contributed by atoms with E-state index in [1.54, 1.807) is 0 Å². The van der Waals surface area contributed by atoms with E-state index < -0.39 is 17.6 Å². The van der Waals surface area contributed by atoms with Gasteiger partial charge in [0, 0.05) is 11.9 Å². The maximum absolute atomic E-state index is 13.5. The SMILES string of the molecule is CCC(CCCl)Nc1ccc(C(F)(F)F)cc1F. The fourth-order valence-corrected chi connectivity index (χ4v) is 1.80. The molecule has 0 amide bonds. The molecule has 0 aliphatic rings. The van der Waals surface area contributed by atoms with Gasteiger partial charge in [0.1, 0.15) is 5.82 Å². The molecule has 0 bridgehead atoms. The largest absolute Gasteiger partial charge is 0.416 e. The van der Waals surface area contributed by atoms with Crippen molar-refractivity contribution < 1.29 is 17.6 Å². The molecule has 1 rings (SSSR count). The van der Waals surface area contributed by atoms with Crippen molar-refractivity contribution in [2.24, 2.45) is 0 Å². The lowest BCUT2D eigenvalue weighted by atomic mass is 10.1. The summed E-state index contributed by atoms with van der Waals surface area (Å²) in [4.78, 5) is 0. The minimum Gasteiger partial charge on any atom is -0.380 e. The van der Waals surface area contributed by atoms with E-state index in [-0.39, 0.29) is 11.7 Å². The molecule has 0 heterocycles. The topological polar surface area (TPSA) is 12.0 Å². The Labute approximate surface area is 108 Å². The highest BCUT2D eigenvalue weighted by atomic mass is 35.5. The van der Waals surface area contributed by atoms with Crippen LogP contribution in [0.5, 0.6) is 0 Å². The molecular weight excluding hydrogens is 270 g/mol. The third kappa shape index (κ3) is 4.05. The van der Waals surface area contributed by atoms with Gasteiger partial charge >= 0.3 is 6.18 Å². The van der Waals surface area contributed by atoms with Gasteiger partial charge in [-0.1, -0.05) is 6.92 Å². The molecule has 1 aromatic carbocycles. The molecule has 0 aromatic heterocycles. The number of benzene rings is 1. The highest BCUT2D eigenvalue weighted by molar-refractivity contribution is 6.17. The molecule has 1 N–H and O–H groups in total. The lowest BCUT2D eigenvalue weighted by Crippen LogP contribution is -2.20. The number of hydrogen-bond acceptors (Lipinski definition) is 1. The molecule has 1 nitrogen and oxygen atoms in total. The molecule has 0 fully saturated rings. The van der Waals surface area contributed by atoms with Gasteiger partial charge in [-0.3, -0.25) is 0 Å². The first kappa shape index (κ1) is 15.1. The summed E-state index contributed by atoms with van der Waals surface area (Å²) in [6, 6.07) is 2.41. The predicted molar refractivity (Wildman–Crippen MR) is 64.4 cm³/mol. The number of hydrogen-bond donors (Lipinski definition) is 1. The average Bonchev–Trinajstić information content (AvgIpc) is 2.29. The van der Waals surface area contributed by atoms with Crippen molar-refractivity contribution in [3.8, 4) is 0 Å². The molecule has 6 heteroatoms. The third-order valence-corrected chi connectivity index (χ3v) is 2.82. The number of alkyl halides is 4. The van der Waals surface area contributed by atoms with Crippen LogP contribution in [0.2, 0.25) is 0 Å². The highest BCUT2D eigenvalue weighted by Gasteiger charge is 2.31. The third-order valence-electron chi connectivity index (χ3n) is 2.61. The van der Waals surface area contributed by atoms with Crippen LogP contribution in [0, 0.1) is 5.82 Å². The monoisotopic (exact) mass is 283 g/mol. The van der Waals surface area contributed by atoms with E-state index in [9.17, 15) is 17.6 Å². The van der Waals surface area contributed by atoms with Crippen LogP contribution in [0.4, 0.5) is 23.2 Å². The van der Waals surface area contributed by atoms with Gasteiger partial charge in [-0.25, -0.2) is 4.39 Å². The van der Waals surface area contributed by atoms with E-state index in [4.69, 9.17) is 11.6 Å². The van der Waals surface area contributed by atoms with Crippen LogP contribution < -0.4 is 5.32 Å². The lowest BCUT2D eigenvalue weighted by Gasteiger charge is -2.18. The van der Waals surface area contributed by atoms with Gasteiger partial charge in [-0.2, -0.15) is 13.2 Å².